The highest BCUT2D eigenvalue weighted by molar-refractivity contribution is 6.04. The zero-order chi connectivity index (χ0) is 15.9. The van der Waals surface area contributed by atoms with Crippen molar-refractivity contribution in [1.29, 1.82) is 0 Å². The van der Waals surface area contributed by atoms with Gasteiger partial charge >= 0.3 is 0 Å². The Bertz CT molecular complexity index is 727. The first-order chi connectivity index (χ1) is 10.5. The van der Waals surface area contributed by atoms with Crippen LogP contribution < -0.4 is 15.4 Å². The van der Waals surface area contributed by atoms with Gasteiger partial charge in [-0.05, 0) is 41.8 Å². The Morgan fingerprint density at radius 3 is 2.64 bits per heavy atom. The maximum absolute atomic E-state index is 12.1. The lowest BCUT2D eigenvalue weighted by Crippen LogP contribution is -2.22. The number of hydrogen-bond acceptors (Lipinski definition) is 3. The minimum Gasteiger partial charge on any atom is -0.497 e. The van der Waals surface area contributed by atoms with E-state index in [9.17, 15) is 4.79 Å². The molecule has 114 valence electrons. The van der Waals surface area contributed by atoms with E-state index in [1.165, 1.54) is 0 Å². The van der Waals surface area contributed by atoms with Gasteiger partial charge in [-0.2, -0.15) is 0 Å². The Balaban J connectivity index is 1.98. The molecule has 1 amide bonds. The van der Waals surface area contributed by atoms with Crippen LogP contribution in [0.5, 0.6) is 5.75 Å². The molecule has 0 aromatic heterocycles. The SMILES string of the molecule is COc1cccc(C(N)c2ccc3c(c2)C(C)C(=O)N3C)c1. The number of nitrogens with two attached hydrogens (primary N) is 1. The molecule has 4 nitrogen and oxygen atoms in total. The highest BCUT2D eigenvalue weighted by atomic mass is 16.5. The molecule has 2 aromatic rings. The molecule has 1 heterocycles. The molecule has 22 heavy (non-hydrogen) atoms. The lowest BCUT2D eigenvalue weighted by molar-refractivity contribution is -0.118. The van der Waals surface area contributed by atoms with Crippen molar-refractivity contribution < 1.29 is 9.53 Å². The maximum atomic E-state index is 12.1. The number of likely N-dealkylation sites (N-methyl/N-ethyl adjacent to an activating group) is 1. The highest BCUT2D eigenvalue weighted by Gasteiger charge is 2.32. The number of benzene rings is 2. The molecule has 0 saturated heterocycles. The van der Waals surface area contributed by atoms with Gasteiger partial charge in [0.2, 0.25) is 5.91 Å². The Labute approximate surface area is 130 Å². The summed E-state index contributed by atoms with van der Waals surface area (Å²) in [4.78, 5) is 13.8. The Morgan fingerprint density at radius 1 is 1.18 bits per heavy atom. The highest BCUT2D eigenvalue weighted by Crippen LogP contribution is 2.38. The van der Waals surface area contributed by atoms with E-state index < -0.39 is 0 Å². The fourth-order valence-corrected chi connectivity index (χ4v) is 2.99. The molecule has 2 atom stereocenters. The number of amides is 1. The number of methoxy groups -OCH3 is 1. The lowest BCUT2D eigenvalue weighted by atomic mass is 9.94. The number of ether oxygens (including phenoxy) is 1. The average molecular weight is 296 g/mol. The summed E-state index contributed by atoms with van der Waals surface area (Å²) in [5.74, 6) is 0.803. The fourth-order valence-electron chi connectivity index (χ4n) is 2.99. The summed E-state index contributed by atoms with van der Waals surface area (Å²) in [6, 6.07) is 13.5. The summed E-state index contributed by atoms with van der Waals surface area (Å²) in [5.41, 5.74) is 10.4. The molecule has 1 aliphatic heterocycles. The molecular formula is C18H20N2O2. The van der Waals surface area contributed by atoms with E-state index in [1.54, 1.807) is 12.0 Å². The van der Waals surface area contributed by atoms with E-state index in [4.69, 9.17) is 10.5 Å². The molecule has 0 radical (unpaired) electrons. The van der Waals surface area contributed by atoms with Crippen LogP contribution in [0, 0.1) is 0 Å². The van der Waals surface area contributed by atoms with Gasteiger partial charge in [0.05, 0.1) is 19.1 Å². The van der Waals surface area contributed by atoms with Crippen LogP contribution in [0.2, 0.25) is 0 Å². The molecule has 2 aromatic carbocycles. The topological polar surface area (TPSA) is 55.6 Å². The number of hydrogen-bond donors (Lipinski definition) is 1. The number of rotatable bonds is 3. The predicted molar refractivity (Wildman–Crippen MR) is 87.3 cm³/mol. The third kappa shape index (κ3) is 2.25. The third-order valence-corrected chi connectivity index (χ3v) is 4.39. The van der Waals surface area contributed by atoms with Crippen LogP contribution in [0.4, 0.5) is 5.69 Å². The summed E-state index contributed by atoms with van der Waals surface area (Å²) in [7, 11) is 3.45. The first kappa shape index (κ1) is 14.6. The molecule has 0 spiro atoms. The van der Waals surface area contributed by atoms with Gasteiger partial charge < -0.3 is 15.4 Å². The van der Waals surface area contributed by atoms with Crippen LogP contribution in [0.25, 0.3) is 0 Å². The number of carbonyl (C=O) groups excluding carboxylic acids is 1. The largest absolute Gasteiger partial charge is 0.497 e. The normalized spacial score (nSPS) is 18.3. The summed E-state index contributed by atoms with van der Waals surface area (Å²) >= 11 is 0. The van der Waals surface area contributed by atoms with Crippen LogP contribution in [0.3, 0.4) is 0 Å². The van der Waals surface area contributed by atoms with Gasteiger partial charge in [-0.1, -0.05) is 24.3 Å². The molecule has 2 unspecified atom stereocenters. The minimum absolute atomic E-state index is 0.113. The second-order valence-corrected chi connectivity index (χ2v) is 5.69. The van der Waals surface area contributed by atoms with Crippen molar-refractivity contribution in [2.75, 3.05) is 19.1 Å². The van der Waals surface area contributed by atoms with Gasteiger partial charge in [0, 0.05) is 12.7 Å². The van der Waals surface area contributed by atoms with Crippen LogP contribution in [0.15, 0.2) is 42.5 Å². The molecule has 0 fully saturated rings. The van der Waals surface area contributed by atoms with E-state index in [1.807, 2.05) is 56.4 Å². The minimum atomic E-state index is -0.242. The number of fused-ring (bicyclic) bond motifs is 1. The smallest absolute Gasteiger partial charge is 0.234 e. The standard InChI is InChI=1S/C18H20N2O2/c1-11-15-10-13(7-8-16(15)20(2)18(11)21)17(19)12-5-4-6-14(9-12)22-3/h4-11,17H,19H2,1-3H3. The zero-order valence-corrected chi connectivity index (χ0v) is 13.0. The zero-order valence-electron chi connectivity index (χ0n) is 13.0. The van der Waals surface area contributed by atoms with Crippen LogP contribution in [-0.4, -0.2) is 20.1 Å². The van der Waals surface area contributed by atoms with Crippen LogP contribution in [0.1, 0.15) is 35.6 Å². The first-order valence-electron chi connectivity index (χ1n) is 7.34. The van der Waals surface area contributed by atoms with E-state index in [2.05, 4.69) is 0 Å². The Morgan fingerprint density at radius 2 is 1.91 bits per heavy atom. The van der Waals surface area contributed by atoms with Crippen molar-refractivity contribution in [1.82, 2.24) is 0 Å². The Kier molecular flexibility index (Phi) is 3.62. The number of carbonyl (C=O) groups is 1. The van der Waals surface area contributed by atoms with E-state index in [0.29, 0.717) is 0 Å². The van der Waals surface area contributed by atoms with Crippen molar-refractivity contribution in [2.24, 2.45) is 5.73 Å². The fraction of sp³-hybridized carbons (Fsp3) is 0.278. The molecule has 3 rings (SSSR count). The third-order valence-electron chi connectivity index (χ3n) is 4.39. The summed E-state index contributed by atoms with van der Waals surface area (Å²) in [5, 5.41) is 0. The van der Waals surface area contributed by atoms with Crippen molar-refractivity contribution in [3.8, 4) is 5.75 Å². The molecule has 1 aliphatic rings. The first-order valence-corrected chi connectivity index (χ1v) is 7.34. The average Bonchev–Trinajstić information content (AvgIpc) is 2.78. The molecule has 0 aliphatic carbocycles. The van der Waals surface area contributed by atoms with E-state index in [0.717, 1.165) is 28.1 Å². The van der Waals surface area contributed by atoms with E-state index >= 15 is 0 Å². The van der Waals surface area contributed by atoms with Crippen LogP contribution in [-0.2, 0) is 4.79 Å². The Hall–Kier alpha value is -2.33. The van der Waals surface area contributed by atoms with Gasteiger partial charge in [-0.3, -0.25) is 4.79 Å². The second kappa shape index (κ2) is 5.46. The molecule has 0 bridgehead atoms. The summed E-state index contributed by atoms with van der Waals surface area (Å²) in [6.07, 6.45) is 0. The summed E-state index contributed by atoms with van der Waals surface area (Å²) in [6.45, 7) is 1.94. The van der Waals surface area contributed by atoms with Crippen LogP contribution >= 0.6 is 0 Å². The van der Waals surface area contributed by atoms with Gasteiger partial charge in [0.25, 0.3) is 0 Å². The lowest BCUT2D eigenvalue weighted by Gasteiger charge is -2.16. The van der Waals surface area contributed by atoms with Gasteiger partial charge in [0.15, 0.2) is 0 Å². The molecule has 2 N–H and O–H groups in total. The second-order valence-electron chi connectivity index (χ2n) is 5.69. The molecular weight excluding hydrogens is 276 g/mol. The molecule has 0 saturated carbocycles. The quantitative estimate of drug-likeness (QED) is 0.947. The number of nitrogens with zero attached hydrogens (tertiary/aromatic N) is 1. The van der Waals surface area contributed by atoms with Crippen molar-refractivity contribution in [2.45, 2.75) is 18.9 Å². The monoisotopic (exact) mass is 296 g/mol. The van der Waals surface area contributed by atoms with Gasteiger partial charge in [0.1, 0.15) is 5.75 Å². The number of anilines is 1. The van der Waals surface area contributed by atoms with Gasteiger partial charge in [-0.25, -0.2) is 0 Å². The summed E-state index contributed by atoms with van der Waals surface area (Å²) < 4.78 is 5.25. The van der Waals surface area contributed by atoms with Crippen molar-refractivity contribution >= 4 is 11.6 Å². The molecule has 4 heteroatoms. The van der Waals surface area contributed by atoms with Gasteiger partial charge in [-0.15, -0.1) is 0 Å². The maximum Gasteiger partial charge on any atom is 0.234 e. The predicted octanol–water partition coefficient (Wildman–Crippen LogP) is 2.82. The van der Waals surface area contributed by atoms with Crippen molar-refractivity contribution in [3.05, 3.63) is 59.2 Å². The van der Waals surface area contributed by atoms with Crippen molar-refractivity contribution in [3.63, 3.8) is 0 Å². The van der Waals surface area contributed by atoms with E-state index in [-0.39, 0.29) is 17.9 Å².